The third-order valence-electron chi connectivity index (χ3n) is 14.3. The Hall–Kier alpha value is -6.10. The number of nitrogens with one attached hydrogen (secondary N) is 1. The minimum absolute atomic E-state index is 0. The SMILES string of the molecule is CCC1Oc2ccc(C(=O)CO)cc2N(Cc2ccc(C)cc2)C1=O.CCC1Oc2ccc(C(=O)OC)cc2N(Cc2ccc(C)cc2)C1=O.CCC1Oc2ccc(C(=O)OC)cc2NC1=O.CCCBr.COC(=O)c1ccc(O)c(N)c1.COc1ccc(CCl)cc1.O=C=O.O=CO[O-].[3H]P([3H])[3H].[Cs+].[Cs+].[H-]. The number of nitrogens with zero attached hydrogens (tertiary/aromatic N) is 2. The summed E-state index contributed by atoms with van der Waals surface area (Å²) in [6.45, 7) is 11.9. The Labute approximate surface area is 738 Å². The van der Waals surface area contributed by atoms with E-state index in [-0.39, 0.29) is 187 Å². The number of rotatable bonds is 16. The van der Waals surface area contributed by atoms with Gasteiger partial charge < -0.3 is 75.8 Å². The number of ether oxygens (including phenoxy) is 7. The number of aliphatic hydroxyl groups is 1. The number of anilines is 4. The van der Waals surface area contributed by atoms with Crippen LogP contribution in [-0.4, -0.2) is 127 Å². The second-order valence-electron chi connectivity index (χ2n) is 21.2. The monoisotopic (exact) mass is 1770 g/mol. The zero-order chi connectivity index (χ0) is 78.0. The number of hydrogen-bond acceptors (Lipinski definition) is 22. The van der Waals surface area contributed by atoms with Gasteiger partial charge in [-0.2, -0.15) is 19.3 Å². The minimum atomic E-state index is -1.87. The van der Waals surface area contributed by atoms with E-state index in [1.165, 1.54) is 45.9 Å². The summed E-state index contributed by atoms with van der Waals surface area (Å²) in [7, 11) is 3.70. The number of nitrogens with two attached hydrogens (primary N) is 1. The molecule has 3 unspecified atom stereocenters. The molecule has 544 valence electrons. The molecule has 0 aliphatic carbocycles. The van der Waals surface area contributed by atoms with Crippen LogP contribution in [0.3, 0.4) is 0 Å². The van der Waals surface area contributed by atoms with E-state index in [4.69, 9.17) is 74.7 Å². The number of carbonyl (C=O) groups excluding carboxylic acids is 10. The van der Waals surface area contributed by atoms with Crippen LogP contribution in [-0.2, 0) is 66.8 Å². The fourth-order valence-corrected chi connectivity index (χ4v) is 9.11. The fraction of sp³-hybridized carbons (Fsp3) is 0.301. The molecule has 25 nitrogen and oxygen atoms in total. The standard InChI is InChI=1S/2C20H21NO4.C12H13NO4.C8H9ClO.C8H9NO3.C3H7Br.CH2O3.CO2.2Cs.H3P.H/c1-4-17-19(22)21(12-14-7-5-13(2)6-8-14)16-11-15(20(23)24-3)9-10-18(16)25-17;1-3-18-20(24)21(11-14-6-4-13(2)5-7-14)16-10-15(17(23)12-22)8-9-19(16)25-18;1-3-9-11(14)13-8-6-7(12(15)16-2)4-5-10(8)17-9;1-10-8-4-2-7(6-9)3-5-8;1-12-8(11)5-2-3-7(10)6(9)4-5;1-2-3-4;2-1-4-3;2-1-3;;;;/h5-11,17H,4,12H2,1-3H3;4-10,18,22H,3,11-12H2,1-2H3;4-6,9H,3H2,1-2H3,(H,13,14);2-5H,6H2,1H3;2-4,10H,9H2,1H3;2-3H2,1H3;1,3H;;;;1H3;/q;;;;;;;;2*+1;;-1/p-1/i;;;;;;;;;;1T3;. The van der Waals surface area contributed by atoms with Crippen LogP contribution in [0.15, 0.2) is 146 Å². The van der Waals surface area contributed by atoms with Gasteiger partial charge >= 0.3 is 162 Å². The predicted molar refractivity (Wildman–Crippen MR) is 386 cm³/mol. The third kappa shape index (κ3) is 31.5. The van der Waals surface area contributed by atoms with Crippen molar-refractivity contribution >= 4 is 114 Å². The Kier molecular flexibility index (Phi) is 46.7. The molecule has 103 heavy (non-hydrogen) atoms. The number of phenolic OH excluding ortho intramolecular Hbond substituents is 1. The summed E-state index contributed by atoms with van der Waals surface area (Å²) >= 11 is 8.83. The first-order chi connectivity index (χ1) is 49.7. The van der Waals surface area contributed by atoms with E-state index >= 15 is 0 Å². The zero-order valence-electron chi connectivity index (χ0n) is 63.4. The van der Waals surface area contributed by atoms with E-state index in [0.717, 1.165) is 38.9 Å². The number of esters is 3. The maximum absolute atomic E-state index is 12.8. The van der Waals surface area contributed by atoms with Crippen LogP contribution < -0.4 is 183 Å². The number of benzene rings is 7. The molecule has 3 aliphatic rings. The summed E-state index contributed by atoms with van der Waals surface area (Å²) in [6.07, 6.45) is 1.73. The van der Waals surface area contributed by atoms with E-state index in [0.29, 0.717) is 94.8 Å². The summed E-state index contributed by atoms with van der Waals surface area (Å²) in [4.78, 5) is 114. The average molecular weight is 1770 g/mol. The molecule has 3 heterocycles. The summed E-state index contributed by atoms with van der Waals surface area (Å²) in [5, 5.41) is 30.4. The van der Waals surface area contributed by atoms with Crippen LogP contribution in [0, 0.1) is 13.8 Å². The number of carbonyl (C=O) groups is 8. The van der Waals surface area contributed by atoms with Crippen LogP contribution >= 0.6 is 37.3 Å². The summed E-state index contributed by atoms with van der Waals surface area (Å²) in [6, 6.07) is 42.6. The maximum atomic E-state index is 12.8. The molecule has 0 bridgehead atoms. The Morgan fingerprint density at radius 1 is 0.650 bits per heavy atom. The van der Waals surface area contributed by atoms with E-state index in [1.807, 2.05) is 107 Å². The Morgan fingerprint density at radius 3 is 1.39 bits per heavy atom. The van der Waals surface area contributed by atoms with Gasteiger partial charge in [0.05, 0.1) is 84.8 Å². The zero-order valence-corrected chi connectivity index (χ0v) is 75.2. The van der Waals surface area contributed by atoms with Gasteiger partial charge in [-0.05, 0) is 141 Å². The summed E-state index contributed by atoms with van der Waals surface area (Å²) < 4.78 is 53.8. The predicted octanol–water partition coefficient (Wildman–Crippen LogP) is 4.96. The van der Waals surface area contributed by atoms with E-state index < -0.39 is 52.6 Å². The topological polar surface area (TPSA) is 353 Å². The van der Waals surface area contributed by atoms with Crippen LogP contribution in [0.4, 0.5) is 22.7 Å². The number of methoxy groups -OCH3 is 4. The molecule has 0 fully saturated rings. The number of Topliss-reactive ketones (excluding diaryl/α,β-unsaturated/α-hetero) is 1. The first-order valence-electron chi connectivity index (χ1n) is 32.2. The normalized spacial score (nSPS) is 13.8. The van der Waals surface area contributed by atoms with Crippen molar-refractivity contribution in [2.45, 2.75) is 105 Å². The fourth-order valence-electron chi connectivity index (χ4n) is 8.93. The molecule has 0 spiro atoms. The van der Waals surface area contributed by atoms with Crippen LogP contribution in [0.25, 0.3) is 0 Å². The molecule has 3 atom stereocenters. The maximum Gasteiger partial charge on any atom is 1.00 e. The number of hydrogen-bond donors (Lipinski definition) is 4. The van der Waals surface area contributed by atoms with Gasteiger partial charge in [-0.3, -0.25) is 24.0 Å². The van der Waals surface area contributed by atoms with Crippen molar-refractivity contribution in [1.82, 2.24) is 0 Å². The number of aliphatic hydroxyl groups excluding tert-OH is 1. The van der Waals surface area contributed by atoms with Crippen LogP contribution in [0.1, 0.15) is 124 Å². The molecule has 0 saturated carbocycles. The molecule has 7 aromatic carbocycles. The Bertz CT molecular complexity index is 3790. The number of alkyl halides is 2. The molecule has 0 radical (unpaired) electrons. The van der Waals surface area contributed by atoms with Gasteiger partial charge in [-0.25, -0.2) is 14.4 Å². The van der Waals surface area contributed by atoms with E-state index in [1.54, 1.807) is 71.5 Å². The molecule has 7 aromatic rings. The number of ketones is 1. The van der Waals surface area contributed by atoms with Crippen molar-refractivity contribution in [3.05, 3.63) is 196 Å². The van der Waals surface area contributed by atoms with E-state index in [2.05, 4.69) is 42.5 Å². The van der Waals surface area contributed by atoms with Gasteiger partial charge in [0.25, 0.3) is 24.2 Å². The van der Waals surface area contributed by atoms with Crippen molar-refractivity contribution in [2.24, 2.45) is 0 Å². The van der Waals surface area contributed by atoms with Gasteiger partial charge in [0.1, 0.15) is 35.4 Å². The van der Waals surface area contributed by atoms with E-state index in [9.17, 15) is 33.6 Å². The van der Waals surface area contributed by atoms with Gasteiger partial charge in [0.15, 0.2) is 24.1 Å². The van der Waals surface area contributed by atoms with Crippen molar-refractivity contribution < 1.29 is 241 Å². The minimum Gasteiger partial charge on any atom is -1.00 e. The smallest absolute Gasteiger partial charge is 1.00 e. The first-order valence-corrected chi connectivity index (χ1v) is 32.5. The Morgan fingerprint density at radius 2 is 1.02 bits per heavy atom. The molecule has 10 rings (SSSR count). The molecule has 0 saturated heterocycles. The summed E-state index contributed by atoms with van der Waals surface area (Å²) in [5.41, 5.74) is 14.1. The molecule has 30 heteroatoms. The second-order valence-corrected chi connectivity index (χ2v) is 22.3. The van der Waals surface area contributed by atoms with Crippen LogP contribution in [0.5, 0.6) is 28.7 Å². The molecular formula is C73H85BrClCs2N4O21P. The first kappa shape index (κ1) is 91.1. The number of nitrogen functional groups attached to an aromatic ring is 1. The third-order valence-corrected chi connectivity index (χ3v) is 15.4. The summed E-state index contributed by atoms with van der Waals surface area (Å²) in [5.74, 6) is 0.987. The quantitative estimate of drug-likeness (QED) is 0.00949. The molecule has 5 N–H and O–H groups in total. The number of halogens is 2. The van der Waals surface area contributed by atoms with Gasteiger partial charge in [0, 0.05) is 16.8 Å². The van der Waals surface area contributed by atoms with Gasteiger partial charge in [0.2, 0.25) is 0 Å². The van der Waals surface area contributed by atoms with Crippen molar-refractivity contribution in [3.8, 4) is 28.7 Å². The Balaban J connectivity index is 0. The molecule has 0 aromatic heterocycles. The number of fused-ring (bicyclic) bond motifs is 3. The van der Waals surface area contributed by atoms with Crippen molar-refractivity contribution in [2.75, 3.05) is 61.2 Å². The van der Waals surface area contributed by atoms with Gasteiger partial charge in [-0.1, -0.05) is 115 Å². The number of aromatic hydroxyl groups is 1. The molecular weight excluding hydrogens is 1680 g/mol. The number of phenols is 1. The molecule has 3 amide bonds. The van der Waals surface area contributed by atoms with Crippen LogP contribution in [0.2, 0.25) is 0 Å². The molecule has 3 aliphatic heterocycles. The van der Waals surface area contributed by atoms with Crippen molar-refractivity contribution in [3.63, 3.8) is 0 Å². The number of aryl methyl sites for hydroxylation is 2. The van der Waals surface area contributed by atoms with Gasteiger partial charge in [-0.15, -0.1) is 11.6 Å². The largest absolute Gasteiger partial charge is 1.00 e. The number of amides is 3. The average Bonchev–Trinajstić information content (AvgIpc) is 0.784. The second kappa shape index (κ2) is 52.8. The van der Waals surface area contributed by atoms with Crippen molar-refractivity contribution in [1.29, 1.82) is 3.84 Å².